The predicted molar refractivity (Wildman–Crippen MR) is 102 cm³/mol. The van der Waals surface area contributed by atoms with Crippen LogP contribution in [-0.4, -0.2) is 23.5 Å². The summed E-state index contributed by atoms with van der Waals surface area (Å²) in [7, 11) is 0. The fourth-order valence-electron chi connectivity index (χ4n) is 2.39. The normalized spacial score (nSPS) is 10.6. The number of nitrogens with one attached hydrogen (secondary N) is 1. The highest BCUT2D eigenvalue weighted by atomic mass is 35.5. The number of aromatic nitrogens is 1. The SMILES string of the molecule is Cc1ccc(NC(=O)COC(=O)c2cc(Cl)nc3ccccc23)cc1Cl. The van der Waals surface area contributed by atoms with Gasteiger partial charge in [0.15, 0.2) is 6.61 Å². The first kappa shape index (κ1) is 18.2. The van der Waals surface area contributed by atoms with E-state index >= 15 is 0 Å². The molecule has 1 N–H and O–H groups in total. The molecule has 3 rings (SSSR count). The van der Waals surface area contributed by atoms with Gasteiger partial charge in [-0.1, -0.05) is 47.5 Å². The minimum absolute atomic E-state index is 0.175. The van der Waals surface area contributed by atoms with Crippen LogP contribution in [-0.2, 0) is 9.53 Å². The summed E-state index contributed by atoms with van der Waals surface area (Å²) in [6.07, 6.45) is 0. The topological polar surface area (TPSA) is 68.3 Å². The number of hydrogen-bond acceptors (Lipinski definition) is 4. The molecule has 1 heterocycles. The van der Waals surface area contributed by atoms with Crippen LogP contribution in [0.4, 0.5) is 5.69 Å². The van der Waals surface area contributed by atoms with Crippen molar-refractivity contribution in [3.8, 4) is 0 Å². The summed E-state index contributed by atoms with van der Waals surface area (Å²) in [4.78, 5) is 28.5. The van der Waals surface area contributed by atoms with Crippen molar-refractivity contribution in [1.29, 1.82) is 0 Å². The van der Waals surface area contributed by atoms with E-state index in [1.54, 1.807) is 42.5 Å². The van der Waals surface area contributed by atoms with Crippen LogP contribution in [0.1, 0.15) is 15.9 Å². The Balaban J connectivity index is 1.69. The number of hydrogen-bond donors (Lipinski definition) is 1. The van der Waals surface area contributed by atoms with Gasteiger partial charge in [-0.3, -0.25) is 4.79 Å². The highest BCUT2D eigenvalue weighted by molar-refractivity contribution is 6.31. The zero-order valence-electron chi connectivity index (χ0n) is 13.8. The number of aryl methyl sites for hydroxylation is 1. The Morgan fingerprint density at radius 1 is 1.12 bits per heavy atom. The molecule has 0 aliphatic rings. The summed E-state index contributed by atoms with van der Waals surface area (Å²) in [6.45, 7) is 1.43. The molecule has 132 valence electrons. The van der Waals surface area contributed by atoms with Gasteiger partial charge in [-0.15, -0.1) is 0 Å². The van der Waals surface area contributed by atoms with Crippen LogP contribution in [0.2, 0.25) is 10.2 Å². The molecule has 5 nitrogen and oxygen atoms in total. The minimum atomic E-state index is -0.650. The second kappa shape index (κ2) is 7.72. The molecule has 0 atom stereocenters. The van der Waals surface area contributed by atoms with E-state index in [1.165, 1.54) is 6.07 Å². The lowest BCUT2D eigenvalue weighted by atomic mass is 10.1. The molecule has 0 aliphatic carbocycles. The summed E-state index contributed by atoms with van der Waals surface area (Å²) >= 11 is 12.0. The molecule has 1 amide bonds. The van der Waals surface area contributed by atoms with Crippen LogP contribution < -0.4 is 5.32 Å². The lowest BCUT2D eigenvalue weighted by Crippen LogP contribution is -2.21. The maximum absolute atomic E-state index is 12.4. The van der Waals surface area contributed by atoms with Gasteiger partial charge in [0.05, 0.1) is 11.1 Å². The van der Waals surface area contributed by atoms with Crippen molar-refractivity contribution >= 4 is 51.7 Å². The lowest BCUT2D eigenvalue weighted by molar-refractivity contribution is -0.119. The van der Waals surface area contributed by atoms with Crippen LogP contribution in [0.5, 0.6) is 0 Å². The number of carbonyl (C=O) groups excluding carboxylic acids is 2. The first-order valence-corrected chi connectivity index (χ1v) is 8.48. The van der Waals surface area contributed by atoms with Crippen LogP contribution in [0, 0.1) is 6.92 Å². The van der Waals surface area contributed by atoms with E-state index in [2.05, 4.69) is 10.3 Å². The fraction of sp³-hybridized carbons (Fsp3) is 0.105. The molecule has 7 heteroatoms. The molecule has 0 bridgehead atoms. The van der Waals surface area contributed by atoms with E-state index in [0.29, 0.717) is 21.6 Å². The van der Waals surface area contributed by atoms with Crippen LogP contribution in [0.15, 0.2) is 48.5 Å². The third kappa shape index (κ3) is 4.12. The Kier molecular flexibility index (Phi) is 5.40. The van der Waals surface area contributed by atoms with Gasteiger partial charge < -0.3 is 10.1 Å². The molecule has 0 spiro atoms. The summed E-state index contributed by atoms with van der Waals surface area (Å²) in [5.74, 6) is -1.12. The van der Waals surface area contributed by atoms with Crippen molar-refractivity contribution in [3.05, 3.63) is 69.8 Å². The van der Waals surface area contributed by atoms with Gasteiger partial charge in [0.2, 0.25) is 0 Å². The Morgan fingerprint density at radius 3 is 2.65 bits per heavy atom. The quantitative estimate of drug-likeness (QED) is 0.521. The number of rotatable bonds is 4. The zero-order valence-corrected chi connectivity index (χ0v) is 15.3. The predicted octanol–water partition coefficient (Wildman–Crippen LogP) is 4.65. The number of amides is 1. The van der Waals surface area contributed by atoms with Crippen molar-refractivity contribution in [1.82, 2.24) is 4.98 Å². The molecule has 1 aromatic heterocycles. The molecular formula is C19H14Cl2N2O3. The molecule has 0 aliphatic heterocycles. The number of fused-ring (bicyclic) bond motifs is 1. The molecule has 2 aromatic carbocycles. The summed E-state index contributed by atoms with van der Waals surface area (Å²) in [5.41, 5.74) is 2.26. The number of carbonyl (C=O) groups is 2. The van der Waals surface area contributed by atoms with E-state index in [-0.39, 0.29) is 10.7 Å². The summed E-state index contributed by atoms with van der Waals surface area (Å²) < 4.78 is 5.11. The van der Waals surface area contributed by atoms with Crippen LogP contribution >= 0.6 is 23.2 Å². The van der Waals surface area contributed by atoms with Gasteiger partial charge in [-0.05, 0) is 36.8 Å². The Morgan fingerprint density at radius 2 is 1.88 bits per heavy atom. The maximum Gasteiger partial charge on any atom is 0.339 e. The number of ether oxygens (including phenoxy) is 1. The van der Waals surface area contributed by atoms with Crippen LogP contribution in [0.3, 0.4) is 0 Å². The molecule has 0 fully saturated rings. The Labute approximate surface area is 159 Å². The molecule has 0 radical (unpaired) electrons. The number of nitrogens with zero attached hydrogens (tertiary/aromatic N) is 1. The second-order valence-electron chi connectivity index (χ2n) is 5.60. The third-order valence-corrected chi connectivity index (χ3v) is 4.30. The summed E-state index contributed by atoms with van der Waals surface area (Å²) in [5, 5.41) is 3.95. The molecule has 3 aromatic rings. The fourth-order valence-corrected chi connectivity index (χ4v) is 2.77. The van der Waals surface area contributed by atoms with Gasteiger partial charge in [-0.2, -0.15) is 0 Å². The highest BCUT2D eigenvalue weighted by Crippen LogP contribution is 2.22. The van der Waals surface area contributed by atoms with Crippen molar-refractivity contribution in [2.75, 3.05) is 11.9 Å². The first-order valence-electron chi connectivity index (χ1n) is 7.72. The average Bonchev–Trinajstić information content (AvgIpc) is 2.62. The molecule has 0 unspecified atom stereocenters. The number of benzene rings is 2. The van der Waals surface area contributed by atoms with Gasteiger partial charge in [-0.25, -0.2) is 9.78 Å². The molecule has 0 saturated heterocycles. The number of halogens is 2. The summed E-state index contributed by atoms with van der Waals surface area (Å²) in [6, 6.07) is 13.6. The largest absolute Gasteiger partial charge is 0.452 e. The van der Waals surface area contributed by atoms with Crippen molar-refractivity contribution < 1.29 is 14.3 Å². The zero-order chi connectivity index (χ0) is 18.7. The monoisotopic (exact) mass is 388 g/mol. The van der Waals surface area contributed by atoms with Gasteiger partial charge >= 0.3 is 5.97 Å². The van der Waals surface area contributed by atoms with Gasteiger partial charge in [0.1, 0.15) is 5.15 Å². The molecule has 26 heavy (non-hydrogen) atoms. The van der Waals surface area contributed by atoms with E-state index in [1.807, 2.05) is 6.92 Å². The number of esters is 1. The number of pyridine rings is 1. The minimum Gasteiger partial charge on any atom is -0.452 e. The smallest absolute Gasteiger partial charge is 0.339 e. The number of para-hydroxylation sites is 1. The van der Waals surface area contributed by atoms with Gasteiger partial charge in [0, 0.05) is 16.1 Å². The molecular weight excluding hydrogens is 375 g/mol. The lowest BCUT2D eigenvalue weighted by Gasteiger charge is -2.09. The second-order valence-corrected chi connectivity index (χ2v) is 6.39. The van der Waals surface area contributed by atoms with Gasteiger partial charge in [0.25, 0.3) is 5.91 Å². The van der Waals surface area contributed by atoms with Crippen LogP contribution in [0.25, 0.3) is 10.9 Å². The average molecular weight is 389 g/mol. The maximum atomic E-state index is 12.4. The van der Waals surface area contributed by atoms with E-state index < -0.39 is 18.5 Å². The molecule has 0 saturated carbocycles. The van der Waals surface area contributed by atoms with E-state index in [4.69, 9.17) is 27.9 Å². The Hall–Kier alpha value is -2.63. The van der Waals surface area contributed by atoms with Crippen molar-refractivity contribution in [2.24, 2.45) is 0 Å². The first-order chi connectivity index (χ1) is 12.4. The Bertz CT molecular complexity index is 1010. The van der Waals surface area contributed by atoms with E-state index in [0.717, 1.165) is 5.56 Å². The standard InChI is InChI=1S/C19H14Cl2N2O3/c1-11-6-7-12(8-15(11)20)22-18(24)10-26-19(25)14-9-17(21)23-16-5-3-2-4-13(14)16/h2-9H,10H2,1H3,(H,22,24). The van der Waals surface area contributed by atoms with Crippen molar-refractivity contribution in [3.63, 3.8) is 0 Å². The van der Waals surface area contributed by atoms with Crippen molar-refractivity contribution in [2.45, 2.75) is 6.92 Å². The third-order valence-electron chi connectivity index (χ3n) is 3.69. The highest BCUT2D eigenvalue weighted by Gasteiger charge is 2.15. The number of anilines is 1. The van der Waals surface area contributed by atoms with E-state index in [9.17, 15) is 9.59 Å².